The van der Waals surface area contributed by atoms with Crippen LogP contribution in [0.4, 0.5) is 0 Å². The Kier molecular flexibility index (Phi) is 4.32. The van der Waals surface area contributed by atoms with E-state index in [1.807, 2.05) is 13.1 Å². The van der Waals surface area contributed by atoms with E-state index < -0.39 is 12.0 Å². The topological polar surface area (TPSA) is 84.2 Å². The number of fused-ring (bicyclic) bond motifs is 1. The monoisotopic (exact) mass is 309 g/mol. The van der Waals surface area contributed by atoms with Crippen molar-refractivity contribution in [2.24, 2.45) is 7.05 Å². The minimum Gasteiger partial charge on any atom is -0.481 e. The summed E-state index contributed by atoms with van der Waals surface area (Å²) in [5.41, 5.74) is 0.974. The molecule has 2 rings (SSSR count). The lowest BCUT2D eigenvalue weighted by Gasteiger charge is -2.10. The van der Waals surface area contributed by atoms with Crippen LogP contribution >= 0.6 is 11.3 Å². The van der Waals surface area contributed by atoms with Crippen LogP contribution in [0.3, 0.4) is 0 Å². The van der Waals surface area contributed by atoms with Crippen LogP contribution < -0.4 is 5.32 Å². The second-order valence-corrected chi connectivity index (χ2v) is 6.50. The Labute approximate surface area is 126 Å². The maximum atomic E-state index is 12.2. The molecule has 1 amide bonds. The molecule has 0 spiro atoms. The number of nitrogens with one attached hydrogen (secondary N) is 1. The molecule has 0 aliphatic rings. The maximum Gasteiger partial charge on any atom is 0.305 e. The van der Waals surface area contributed by atoms with Gasteiger partial charge in [0.05, 0.1) is 17.0 Å². The van der Waals surface area contributed by atoms with Crippen LogP contribution in [-0.2, 0) is 11.8 Å². The SMILES string of the molecule is CC(CC(=O)O)NC(=O)c1cc2c(C(C)C)nn(C)c2s1. The van der Waals surface area contributed by atoms with Crippen molar-refractivity contribution in [3.05, 3.63) is 16.6 Å². The number of carbonyl (C=O) groups excluding carboxylic acids is 1. The molecule has 6 nitrogen and oxygen atoms in total. The van der Waals surface area contributed by atoms with Crippen LogP contribution in [0.15, 0.2) is 6.07 Å². The number of amides is 1. The quantitative estimate of drug-likeness (QED) is 0.888. The summed E-state index contributed by atoms with van der Waals surface area (Å²) in [5.74, 6) is -0.879. The average Bonchev–Trinajstić information content (AvgIpc) is 2.89. The molecule has 0 saturated carbocycles. The summed E-state index contributed by atoms with van der Waals surface area (Å²) in [4.78, 5) is 24.3. The summed E-state index contributed by atoms with van der Waals surface area (Å²) in [6, 6.07) is 1.44. The molecule has 2 aromatic rings. The summed E-state index contributed by atoms with van der Waals surface area (Å²) in [6.45, 7) is 5.81. The van der Waals surface area contributed by atoms with Gasteiger partial charge < -0.3 is 10.4 Å². The Balaban J connectivity index is 2.25. The third-order valence-corrected chi connectivity index (χ3v) is 4.37. The second-order valence-electron chi connectivity index (χ2n) is 5.47. The van der Waals surface area contributed by atoms with Crippen molar-refractivity contribution >= 4 is 33.4 Å². The fourth-order valence-corrected chi connectivity index (χ4v) is 3.20. The molecule has 0 fully saturated rings. The lowest BCUT2D eigenvalue weighted by molar-refractivity contribution is -0.137. The highest BCUT2D eigenvalue weighted by Crippen LogP contribution is 2.31. The summed E-state index contributed by atoms with van der Waals surface area (Å²) in [5, 5.41) is 16.9. The van der Waals surface area contributed by atoms with Crippen molar-refractivity contribution in [1.82, 2.24) is 15.1 Å². The number of aryl methyl sites for hydroxylation is 1. The lowest BCUT2D eigenvalue weighted by Crippen LogP contribution is -2.33. The van der Waals surface area contributed by atoms with Crippen molar-refractivity contribution in [2.45, 2.75) is 39.2 Å². The third-order valence-electron chi connectivity index (χ3n) is 3.17. The zero-order valence-corrected chi connectivity index (χ0v) is 13.3. The van der Waals surface area contributed by atoms with Gasteiger partial charge in [-0.15, -0.1) is 11.3 Å². The highest BCUT2D eigenvalue weighted by Gasteiger charge is 2.19. The third kappa shape index (κ3) is 3.24. The molecule has 0 bridgehead atoms. The zero-order chi connectivity index (χ0) is 15.7. The molecule has 0 saturated heterocycles. The zero-order valence-electron chi connectivity index (χ0n) is 12.5. The van der Waals surface area contributed by atoms with Gasteiger partial charge in [0.25, 0.3) is 5.91 Å². The molecular weight excluding hydrogens is 290 g/mol. The fraction of sp³-hybridized carbons (Fsp3) is 0.500. The molecule has 0 radical (unpaired) electrons. The van der Waals surface area contributed by atoms with E-state index in [9.17, 15) is 9.59 Å². The molecule has 1 atom stereocenters. The molecule has 7 heteroatoms. The first-order valence-corrected chi connectivity index (χ1v) is 7.60. The number of hydrogen-bond donors (Lipinski definition) is 2. The number of aliphatic carboxylic acids is 1. The Hall–Kier alpha value is -1.89. The number of aromatic nitrogens is 2. The Bertz CT molecular complexity index is 687. The summed E-state index contributed by atoms with van der Waals surface area (Å²) < 4.78 is 1.78. The maximum absolute atomic E-state index is 12.2. The largest absolute Gasteiger partial charge is 0.481 e. The summed E-state index contributed by atoms with van der Waals surface area (Å²) >= 11 is 1.37. The van der Waals surface area contributed by atoms with Crippen LogP contribution in [0.2, 0.25) is 0 Å². The highest BCUT2D eigenvalue weighted by atomic mass is 32.1. The summed E-state index contributed by atoms with van der Waals surface area (Å²) in [6.07, 6.45) is -0.0879. The number of hydrogen-bond acceptors (Lipinski definition) is 4. The van der Waals surface area contributed by atoms with Gasteiger partial charge in [-0.1, -0.05) is 13.8 Å². The van der Waals surface area contributed by atoms with Gasteiger partial charge in [0.2, 0.25) is 0 Å². The van der Waals surface area contributed by atoms with Gasteiger partial charge in [-0.2, -0.15) is 5.10 Å². The molecule has 2 N–H and O–H groups in total. The van der Waals surface area contributed by atoms with Crippen LogP contribution in [0.1, 0.15) is 48.5 Å². The van der Waals surface area contributed by atoms with Gasteiger partial charge >= 0.3 is 5.97 Å². The number of carboxylic acid groups (broad SMARTS) is 1. The number of carboxylic acids is 1. The molecule has 2 heterocycles. The lowest BCUT2D eigenvalue weighted by atomic mass is 10.1. The minimum absolute atomic E-state index is 0.0879. The van der Waals surface area contributed by atoms with E-state index in [1.165, 1.54) is 11.3 Å². The normalized spacial score (nSPS) is 12.8. The van der Waals surface area contributed by atoms with Crippen LogP contribution in [0.25, 0.3) is 10.2 Å². The highest BCUT2D eigenvalue weighted by molar-refractivity contribution is 7.20. The first-order valence-electron chi connectivity index (χ1n) is 6.78. The molecule has 0 aliphatic carbocycles. The fourth-order valence-electron chi connectivity index (χ4n) is 2.21. The predicted molar refractivity (Wildman–Crippen MR) is 81.9 cm³/mol. The van der Waals surface area contributed by atoms with Gasteiger partial charge in [0.15, 0.2) is 0 Å². The van der Waals surface area contributed by atoms with Crippen molar-refractivity contribution < 1.29 is 14.7 Å². The van der Waals surface area contributed by atoms with E-state index in [0.717, 1.165) is 15.9 Å². The molecule has 0 aromatic carbocycles. The van der Waals surface area contributed by atoms with Gasteiger partial charge in [-0.3, -0.25) is 14.3 Å². The van der Waals surface area contributed by atoms with Crippen molar-refractivity contribution in [3.63, 3.8) is 0 Å². The van der Waals surface area contributed by atoms with E-state index in [1.54, 1.807) is 11.6 Å². The standard InChI is InChI=1S/C14H19N3O3S/c1-7(2)12-9-6-10(21-14(9)17(4)16-12)13(20)15-8(3)5-11(18)19/h6-8H,5H2,1-4H3,(H,15,20)(H,18,19). The molecule has 0 aliphatic heterocycles. The van der Waals surface area contributed by atoms with Crippen LogP contribution in [0.5, 0.6) is 0 Å². The van der Waals surface area contributed by atoms with Crippen molar-refractivity contribution in [3.8, 4) is 0 Å². The van der Waals surface area contributed by atoms with Gasteiger partial charge in [0.1, 0.15) is 4.83 Å². The summed E-state index contributed by atoms with van der Waals surface area (Å²) in [7, 11) is 1.86. The van der Waals surface area contributed by atoms with Gasteiger partial charge in [0, 0.05) is 18.5 Å². The number of carbonyl (C=O) groups is 2. The Morgan fingerprint density at radius 2 is 2.10 bits per heavy atom. The van der Waals surface area contributed by atoms with Crippen molar-refractivity contribution in [2.75, 3.05) is 0 Å². The van der Waals surface area contributed by atoms with Crippen molar-refractivity contribution in [1.29, 1.82) is 0 Å². The smallest absolute Gasteiger partial charge is 0.305 e. The van der Waals surface area contributed by atoms with E-state index in [4.69, 9.17) is 5.11 Å². The molecule has 114 valence electrons. The molecule has 21 heavy (non-hydrogen) atoms. The average molecular weight is 309 g/mol. The number of thiophene rings is 1. The first-order chi connectivity index (χ1) is 9.79. The predicted octanol–water partition coefficient (Wildman–Crippen LogP) is 2.35. The molecule has 1 unspecified atom stereocenters. The van der Waals surface area contributed by atoms with E-state index >= 15 is 0 Å². The number of nitrogens with zero attached hydrogens (tertiary/aromatic N) is 2. The van der Waals surface area contributed by atoms with Gasteiger partial charge in [-0.25, -0.2) is 0 Å². The first kappa shape index (κ1) is 15.5. The van der Waals surface area contributed by atoms with E-state index in [0.29, 0.717) is 4.88 Å². The van der Waals surface area contributed by atoms with E-state index in [-0.39, 0.29) is 18.2 Å². The van der Waals surface area contributed by atoms with Crippen LogP contribution in [-0.4, -0.2) is 32.8 Å². The Morgan fingerprint density at radius 1 is 1.43 bits per heavy atom. The molecule has 2 aromatic heterocycles. The second kappa shape index (κ2) is 5.85. The van der Waals surface area contributed by atoms with Gasteiger partial charge in [-0.05, 0) is 18.9 Å². The minimum atomic E-state index is -0.926. The van der Waals surface area contributed by atoms with Crippen LogP contribution in [0, 0.1) is 0 Å². The number of rotatable bonds is 5. The Morgan fingerprint density at radius 3 is 2.67 bits per heavy atom. The molecular formula is C14H19N3O3S. The van der Waals surface area contributed by atoms with E-state index in [2.05, 4.69) is 24.3 Å².